The molecule has 0 saturated carbocycles. The van der Waals surface area contributed by atoms with E-state index >= 15 is 0 Å². The van der Waals surface area contributed by atoms with Crippen LogP contribution >= 0.6 is 11.3 Å². The van der Waals surface area contributed by atoms with Crippen LogP contribution in [0.25, 0.3) is 0 Å². The third-order valence-corrected chi connectivity index (χ3v) is 5.20. The van der Waals surface area contributed by atoms with Gasteiger partial charge in [0.15, 0.2) is 0 Å². The molecule has 4 nitrogen and oxygen atoms in total. The molecule has 2 aromatic rings. The Bertz CT molecular complexity index is 668. The van der Waals surface area contributed by atoms with E-state index in [4.69, 9.17) is 5.11 Å². The second kappa shape index (κ2) is 6.58. The van der Waals surface area contributed by atoms with Crippen LogP contribution in [0, 0.1) is 12.8 Å². The van der Waals surface area contributed by atoms with Crippen molar-refractivity contribution in [2.45, 2.75) is 26.3 Å². The SMILES string of the molecule is Cc1ncsc1CN1CCC(Cc2cccc(C(=O)O)c2)C1. The molecule has 1 unspecified atom stereocenters. The third kappa shape index (κ3) is 3.54. The van der Waals surface area contributed by atoms with Crippen LogP contribution in [-0.2, 0) is 13.0 Å². The Balaban J connectivity index is 1.58. The maximum Gasteiger partial charge on any atom is 0.335 e. The third-order valence-electron chi connectivity index (χ3n) is 4.28. The quantitative estimate of drug-likeness (QED) is 0.920. The van der Waals surface area contributed by atoms with E-state index in [-0.39, 0.29) is 0 Å². The fourth-order valence-corrected chi connectivity index (χ4v) is 3.89. The summed E-state index contributed by atoms with van der Waals surface area (Å²) in [5, 5.41) is 9.07. The Morgan fingerprint density at radius 2 is 2.36 bits per heavy atom. The fraction of sp³-hybridized carbons (Fsp3) is 0.412. The van der Waals surface area contributed by atoms with E-state index in [1.54, 1.807) is 23.5 Å². The number of carboxylic acids is 1. The number of thiazole rings is 1. The van der Waals surface area contributed by atoms with E-state index in [9.17, 15) is 4.79 Å². The Kier molecular flexibility index (Phi) is 4.55. The Labute approximate surface area is 134 Å². The van der Waals surface area contributed by atoms with E-state index < -0.39 is 5.97 Å². The predicted molar refractivity (Wildman–Crippen MR) is 87.3 cm³/mol. The van der Waals surface area contributed by atoms with Gasteiger partial charge >= 0.3 is 5.97 Å². The van der Waals surface area contributed by atoms with Crippen LogP contribution in [0.4, 0.5) is 0 Å². The Morgan fingerprint density at radius 1 is 1.50 bits per heavy atom. The van der Waals surface area contributed by atoms with Gasteiger partial charge in [0.25, 0.3) is 0 Å². The number of rotatable bonds is 5. The molecule has 1 saturated heterocycles. The molecular formula is C17H20N2O2S. The molecule has 1 aromatic heterocycles. The highest BCUT2D eigenvalue weighted by Gasteiger charge is 2.23. The molecule has 0 bridgehead atoms. The topological polar surface area (TPSA) is 53.4 Å². The molecule has 116 valence electrons. The van der Waals surface area contributed by atoms with Gasteiger partial charge < -0.3 is 5.11 Å². The van der Waals surface area contributed by atoms with Gasteiger partial charge in [-0.25, -0.2) is 9.78 Å². The predicted octanol–water partition coefficient (Wildman–Crippen LogP) is 3.21. The summed E-state index contributed by atoms with van der Waals surface area (Å²) in [5.74, 6) is -0.243. The molecule has 1 N–H and O–H groups in total. The van der Waals surface area contributed by atoms with Crippen LogP contribution in [0.3, 0.4) is 0 Å². The van der Waals surface area contributed by atoms with Crippen LogP contribution in [0.5, 0.6) is 0 Å². The standard InChI is InChI=1S/C17H20N2O2S/c1-12-16(22-11-18-12)10-19-6-5-14(9-19)7-13-3-2-4-15(8-13)17(20)21/h2-4,8,11,14H,5-7,9-10H2,1H3,(H,20,21). The van der Waals surface area contributed by atoms with Crippen molar-refractivity contribution in [3.63, 3.8) is 0 Å². The van der Waals surface area contributed by atoms with E-state index in [1.165, 1.54) is 11.3 Å². The summed E-state index contributed by atoms with van der Waals surface area (Å²) in [4.78, 5) is 19.2. The van der Waals surface area contributed by atoms with Crippen molar-refractivity contribution in [3.8, 4) is 0 Å². The van der Waals surface area contributed by atoms with Gasteiger partial charge in [-0.05, 0) is 49.9 Å². The van der Waals surface area contributed by atoms with Crippen molar-refractivity contribution in [3.05, 3.63) is 51.5 Å². The maximum absolute atomic E-state index is 11.0. The number of likely N-dealkylation sites (tertiary alicyclic amines) is 1. The number of carboxylic acid groups (broad SMARTS) is 1. The van der Waals surface area contributed by atoms with E-state index in [0.717, 1.165) is 37.3 Å². The van der Waals surface area contributed by atoms with E-state index in [2.05, 4.69) is 16.8 Å². The summed E-state index contributed by atoms with van der Waals surface area (Å²) in [7, 11) is 0. The average molecular weight is 316 g/mol. The van der Waals surface area contributed by atoms with Gasteiger partial charge in [0.1, 0.15) is 0 Å². The van der Waals surface area contributed by atoms with Gasteiger partial charge in [-0.3, -0.25) is 4.90 Å². The minimum absolute atomic E-state index is 0.382. The molecular weight excluding hydrogens is 296 g/mol. The van der Waals surface area contributed by atoms with Crippen molar-refractivity contribution in [2.24, 2.45) is 5.92 Å². The highest BCUT2D eigenvalue weighted by atomic mass is 32.1. The van der Waals surface area contributed by atoms with Gasteiger partial charge in [-0.2, -0.15) is 0 Å². The van der Waals surface area contributed by atoms with E-state index in [1.807, 2.05) is 17.6 Å². The lowest BCUT2D eigenvalue weighted by Gasteiger charge is -2.15. The first-order valence-corrected chi connectivity index (χ1v) is 8.43. The maximum atomic E-state index is 11.0. The molecule has 1 aromatic carbocycles. The number of aryl methyl sites for hydroxylation is 1. The number of benzene rings is 1. The molecule has 0 amide bonds. The first kappa shape index (κ1) is 15.2. The van der Waals surface area contributed by atoms with Gasteiger partial charge in [-0.1, -0.05) is 12.1 Å². The number of hydrogen-bond acceptors (Lipinski definition) is 4. The van der Waals surface area contributed by atoms with E-state index in [0.29, 0.717) is 11.5 Å². The Hall–Kier alpha value is -1.72. The zero-order valence-corrected chi connectivity index (χ0v) is 13.5. The highest BCUT2D eigenvalue weighted by molar-refractivity contribution is 7.09. The lowest BCUT2D eigenvalue weighted by Crippen LogP contribution is -2.20. The second-order valence-corrected chi connectivity index (χ2v) is 6.90. The summed E-state index contributed by atoms with van der Waals surface area (Å²) in [6, 6.07) is 7.33. The fourth-order valence-electron chi connectivity index (χ4n) is 3.07. The lowest BCUT2D eigenvalue weighted by atomic mass is 9.97. The summed E-state index contributed by atoms with van der Waals surface area (Å²) in [5.41, 5.74) is 4.56. The minimum atomic E-state index is -0.851. The molecule has 1 fully saturated rings. The molecule has 22 heavy (non-hydrogen) atoms. The summed E-state index contributed by atoms with van der Waals surface area (Å²) in [6.45, 7) is 5.24. The minimum Gasteiger partial charge on any atom is -0.478 e. The first-order chi connectivity index (χ1) is 10.6. The molecule has 5 heteroatoms. The number of hydrogen-bond donors (Lipinski definition) is 1. The van der Waals surface area contributed by atoms with Crippen LogP contribution < -0.4 is 0 Å². The van der Waals surface area contributed by atoms with Crippen LogP contribution in [0.1, 0.15) is 32.9 Å². The number of nitrogens with zero attached hydrogens (tertiary/aromatic N) is 2. The summed E-state index contributed by atoms with van der Waals surface area (Å²) in [6.07, 6.45) is 2.13. The smallest absolute Gasteiger partial charge is 0.335 e. The monoisotopic (exact) mass is 316 g/mol. The zero-order valence-electron chi connectivity index (χ0n) is 12.7. The normalized spacial score (nSPS) is 18.7. The summed E-state index contributed by atoms with van der Waals surface area (Å²) >= 11 is 1.73. The number of carbonyl (C=O) groups is 1. The number of aromatic nitrogens is 1. The number of aromatic carboxylic acids is 1. The van der Waals surface area contributed by atoms with Crippen molar-refractivity contribution in [1.82, 2.24) is 9.88 Å². The van der Waals surface area contributed by atoms with Gasteiger partial charge in [0.05, 0.1) is 16.8 Å². The molecule has 1 aliphatic heterocycles. The van der Waals surface area contributed by atoms with Crippen molar-refractivity contribution in [1.29, 1.82) is 0 Å². The van der Waals surface area contributed by atoms with Gasteiger partial charge in [0.2, 0.25) is 0 Å². The average Bonchev–Trinajstić information content (AvgIpc) is 3.10. The Morgan fingerprint density at radius 3 is 3.09 bits per heavy atom. The molecule has 3 rings (SSSR count). The van der Waals surface area contributed by atoms with Crippen molar-refractivity contribution in [2.75, 3.05) is 13.1 Å². The lowest BCUT2D eigenvalue weighted by molar-refractivity contribution is 0.0696. The molecule has 1 aliphatic rings. The first-order valence-electron chi connectivity index (χ1n) is 7.55. The summed E-state index contributed by atoms with van der Waals surface area (Å²) < 4.78 is 0. The molecule has 1 atom stereocenters. The second-order valence-electron chi connectivity index (χ2n) is 5.96. The molecule has 2 heterocycles. The molecule has 0 radical (unpaired) electrons. The highest BCUT2D eigenvalue weighted by Crippen LogP contribution is 2.24. The van der Waals surface area contributed by atoms with Gasteiger partial charge in [0, 0.05) is 18.0 Å². The zero-order chi connectivity index (χ0) is 15.5. The van der Waals surface area contributed by atoms with Crippen LogP contribution in [0.15, 0.2) is 29.8 Å². The molecule has 0 aliphatic carbocycles. The molecule has 0 spiro atoms. The van der Waals surface area contributed by atoms with Crippen molar-refractivity contribution >= 4 is 17.3 Å². The van der Waals surface area contributed by atoms with Gasteiger partial charge in [-0.15, -0.1) is 11.3 Å². The van der Waals surface area contributed by atoms with Crippen LogP contribution in [0.2, 0.25) is 0 Å². The largest absolute Gasteiger partial charge is 0.478 e. The van der Waals surface area contributed by atoms with Crippen LogP contribution in [-0.4, -0.2) is 34.0 Å². The van der Waals surface area contributed by atoms with Crippen molar-refractivity contribution < 1.29 is 9.90 Å².